The molecule has 5 nitrogen and oxygen atoms in total. The van der Waals surface area contributed by atoms with Crippen LogP contribution in [0.2, 0.25) is 0 Å². The first-order chi connectivity index (χ1) is 12.7. The molecule has 1 unspecified atom stereocenters. The molecular formula is C20H25N3O2S. The van der Waals surface area contributed by atoms with Gasteiger partial charge in [0.15, 0.2) is 0 Å². The van der Waals surface area contributed by atoms with Crippen LogP contribution in [-0.4, -0.2) is 40.8 Å². The molecular weight excluding hydrogens is 346 g/mol. The lowest BCUT2D eigenvalue weighted by molar-refractivity contribution is -0.119. The molecule has 2 aromatic heterocycles. The van der Waals surface area contributed by atoms with E-state index in [1.165, 1.54) is 0 Å². The number of fused-ring (bicyclic) bond motifs is 1. The minimum Gasteiger partial charge on any atom is -0.383 e. The van der Waals surface area contributed by atoms with Crippen molar-refractivity contribution < 1.29 is 9.53 Å². The van der Waals surface area contributed by atoms with E-state index >= 15 is 0 Å². The molecule has 2 heterocycles. The summed E-state index contributed by atoms with van der Waals surface area (Å²) in [6.07, 6.45) is 8.80. The maximum atomic E-state index is 13.0. The van der Waals surface area contributed by atoms with Gasteiger partial charge in [0.2, 0.25) is 5.91 Å². The smallest absolute Gasteiger partial charge is 0.247 e. The van der Waals surface area contributed by atoms with Gasteiger partial charge < -0.3 is 19.2 Å². The largest absolute Gasteiger partial charge is 0.383 e. The number of carbonyl (C=O) groups excluding carboxylic acids is 1. The zero-order valence-electron chi connectivity index (χ0n) is 15.2. The highest BCUT2D eigenvalue weighted by Crippen LogP contribution is 2.26. The standard InChI is InChI=1S/C20H25N3O2S/c1-25-14-13-23-12-8-16-17(6-5-7-18(16)23)21-20(24)19(9-15-26-2)22-10-3-4-11-22/h3-8,10-12,19H,9,13-15H2,1-2H3,(H,21,24). The van der Waals surface area contributed by atoms with Gasteiger partial charge in [-0.15, -0.1) is 0 Å². The van der Waals surface area contributed by atoms with Crippen LogP contribution >= 0.6 is 11.8 Å². The summed E-state index contributed by atoms with van der Waals surface area (Å²) >= 11 is 1.76. The van der Waals surface area contributed by atoms with Crippen molar-refractivity contribution in [1.82, 2.24) is 9.13 Å². The predicted octanol–water partition coefficient (Wildman–Crippen LogP) is 4.02. The Labute approximate surface area is 158 Å². The van der Waals surface area contributed by atoms with Gasteiger partial charge in [-0.1, -0.05) is 6.07 Å². The van der Waals surface area contributed by atoms with Crippen molar-refractivity contribution in [3.05, 3.63) is 55.0 Å². The van der Waals surface area contributed by atoms with E-state index in [1.807, 2.05) is 53.5 Å². The summed E-state index contributed by atoms with van der Waals surface area (Å²) in [5, 5.41) is 4.19. The monoisotopic (exact) mass is 371 g/mol. The molecule has 0 saturated heterocycles. The van der Waals surface area contributed by atoms with Crippen LogP contribution in [0.25, 0.3) is 10.9 Å². The number of benzene rings is 1. The molecule has 3 aromatic rings. The van der Waals surface area contributed by atoms with Crippen LogP contribution in [0.15, 0.2) is 55.0 Å². The number of nitrogens with one attached hydrogen (secondary N) is 1. The van der Waals surface area contributed by atoms with Gasteiger partial charge in [-0.05, 0) is 48.8 Å². The van der Waals surface area contributed by atoms with Crippen molar-refractivity contribution in [2.24, 2.45) is 0 Å². The summed E-state index contributed by atoms with van der Waals surface area (Å²) in [5.41, 5.74) is 1.95. The number of nitrogens with zero attached hydrogens (tertiary/aromatic N) is 2. The molecule has 0 aliphatic carbocycles. The van der Waals surface area contributed by atoms with Gasteiger partial charge in [0, 0.05) is 37.6 Å². The number of hydrogen-bond acceptors (Lipinski definition) is 3. The fourth-order valence-electron chi connectivity index (χ4n) is 3.13. The summed E-state index contributed by atoms with van der Waals surface area (Å²) in [5.74, 6) is 0.959. The Bertz CT molecular complexity index is 842. The molecule has 138 valence electrons. The molecule has 0 bridgehead atoms. The Hall–Kier alpha value is -2.18. The van der Waals surface area contributed by atoms with Crippen molar-refractivity contribution >= 4 is 34.3 Å². The molecule has 1 aromatic carbocycles. The summed E-state index contributed by atoms with van der Waals surface area (Å²) in [6, 6.07) is 11.8. The molecule has 0 radical (unpaired) electrons. The van der Waals surface area contributed by atoms with Crippen LogP contribution in [0.4, 0.5) is 5.69 Å². The Morgan fingerprint density at radius 2 is 2.00 bits per heavy atom. The molecule has 0 aliphatic heterocycles. The number of rotatable bonds is 9. The number of anilines is 1. The summed E-state index contributed by atoms with van der Waals surface area (Å²) < 4.78 is 9.30. The first kappa shape index (κ1) is 18.6. The van der Waals surface area contributed by atoms with Crippen LogP contribution < -0.4 is 5.32 Å². The molecule has 1 atom stereocenters. The van der Waals surface area contributed by atoms with E-state index in [0.29, 0.717) is 6.61 Å². The number of thioether (sulfide) groups is 1. The highest BCUT2D eigenvalue weighted by Gasteiger charge is 2.20. The maximum absolute atomic E-state index is 13.0. The molecule has 1 amide bonds. The Kier molecular flexibility index (Phi) is 6.41. The molecule has 1 N–H and O–H groups in total. The van der Waals surface area contributed by atoms with Crippen molar-refractivity contribution in [2.75, 3.05) is 31.0 Å². The average molecular weight is 372 g/mol. The van der Waals surface area contributed by atoms with Crippen molar-refractivity contribution in [2.45, 2.75) is 19.0 Å². The highest BCUT2D eigenvalue weighted by molar-refractivity contribution is 7.98. The van der Waals surface area contributed by atoms with Crippen molar-refractivity contribution in [1.29, 1.82) is 0 Å². The lowest BCUT2D eigenvalue weighted by Gasteiger charge is -2.19. The van der Waals surface area contributed by atoms with Gasteiger partial charge in [-0.3, -0.25) is 4.79 Å². The van der Waals surface area contributed by atoms with E-state index in [9.17, 15) is 4.79 Å². The molecule has 26 heavy (non-hydrogen) atoms. The van der Waals surface area contributed by atoms with E-state index in [2.05, 4.69) is 22.2 Å². The Balaban J connectivity index is 1.82. The molecule has 0 spiro atoms. The summed E-state index contributed by atoms with van der Waals surface area (Å²) in [4.78, 5) is 13.0. The predicted molar refractivity (Wildman–Crippen MR) is 109 cm³/mol. The van der Waals surface area contributed by atoms with E-state index in [1.54, 1.807) is 18.9 Å². The second-order valence-corrected chi connectivity index (χ2v) is 7.14. The van der Waals surface area contributed by atoms with Crippen molar-refractivity contribution in [3.63, 3.8) is 0 Å². The SMILES string of the molecule is COCCn1ccc2c(NC(=O)C(CCSC)n3cccc3)cccc21. The number of hydrogen-bond donors (Lipinski definition) is 1. The topological polar surface area (TPSA) is 48.2 Å². The number of methoxy groups -OCH3 is 1. The summed E-state index contributed by atoms with van der Waals surface area (Å²) in [6.45, 7) is 1.45. The normalized spacial score (nSPS) is 12.4. The van der Waals surface area contributed by atoms with Crippen LogP contribution in [0, 0.1) is 0 Å². The molecule has 6 heteroatoms. The van der Waals surface area contributed by atoms with Gasteiger partial charge in [-0.25, -0.2) is 0 Å². The third kappa shape index (κ3) is 4.14. The summed E-state index contributed by atoms with van der Waals surface area (Å²) in [7, 11) is 1.70. The average Bonchev–Trinajstić information content (AvgIpc) is 3.31. The number of aromatic nitrogens is 2. The van der Waals surface area contributed by atoms with Gasteiger partial charge in [0.05, 0.1) is 17.8 Å². The number of carbonyl (C=O) groups is 1. The van der Waals surface area contributed by atoms with Crippen LogP contribution in [0.3, 0.4) is 0 Å². The molecule has 0 saturated carbocycles. The Morgan fingerprint density at radius 3 is 2.73 bits per heavy atom. The second-order valence-electron chi connectivity index (χ2n) is 6.16. The van der Waals surface area contributed by atoms with Gasteiger partial charge in [-0.2, -0.15) is 11.8 Å². The minimum absolute atomic E-state index is 0.0207. The van der Waals surface area contributed by atoms with E-state index < -0.39 is 0 Å². The van der Waals surface area contributed by atoms with E-state index in [0.717, 1.165) is 35.3 Å². The Morgan fingerprint density at radius 1 is 1.19 bits per heavy atom. The van der Waals surface area contributed by atoms with E-state index in [-0.39, 0.29) is 11.9 Å². The van der Waals surface area contributed by atoms with E-state index in [4.69, 9.17) is 4.74 Å². The maximum Gasteiger partial charge on any atom is 0.247 e. The zero-order valence-corrected chi connectivity index (χ0v) is 16.0. The minimum atomic E-state index is -0.205. The molecule has 0 fully saturated rings. The van der Waals surface area contributed by atoms with Gasteiger partial charge in [0.25, 0.3) is 0 Å². The zero-order chi connectivity index (χ0) is 18.4. The van der Waals surface area contributed by atoms with Crippen LogP contribution in [0.5, 0.6) is 0 Å². The lowest BCUT2D eigenvalue weighted by atomic mass is 10.1. The number of ether oxygens (including phenoxy) is 1. The lowest BCUT2D eigenvalue weighted by Crippen LogP contribution is -2.26. The fourth-order valence-corrected chi connectivity index (χ4v) is 3.59. The number of amides is 1. The second kappa shape index (κ2) is 8.96. The highest BCUT2D eigenvalue weighted by atomic mass is 32.2. The first-order valence-electron chi connectivity index (χ1n) is 8.73. The van der Waals surface area contributed by atoms with Gasteiger partial charge in [0.1, 0.15) is 6.04 Å². The molecule has 0 aliphatic rings. The third-order valence-corrected chi connectivity index (χ3v) is 5.14. The van der Waals surface area contributed by atoms with Crippen molar-refractivity contribution in [3.8, 4) is 0 Å². The van der Waals surface area contributed by atoms with Crippen LogP contribution in [0.1, 0.15) is 12.5 Å². The third-order valence-electron chi connectivity index (χ3n) is 4.49. The quantitative estimate of drug-likeness (QED) is 0.618. The first-order valence-corrected chi connectivity index (χ1v) is 10.1. The molecule has 3 rings (SSSR count). The fraction of sp³-hybridized carbons (Fsp3) is 0.350. The van der Waals surface area contributed by atoms with Crippen LogP contribution in [-0.2, 0) is 16.1 Å². The van der Waals surface area contributed by atoms with Gasteiger partial charge >= 0.3 is 0 Å².